The molecule has 0 aromatic heterocycles. The minimum Gasteiger partial charge on any atom is -0.381 e. The smallest absolute Gasteiger partial charge is 0.306 e. The molecule has 0 amide bonds. The molecule has 0 spiro atoms. The Labute approximate surface area is 161 Å². The van der Waals surface area contributed by atoms with Crippen molar-refractivity contribution in [2.75, 3.05) is 19.0 Å². The second-order valence-electron chi connectivity index (χ2n) is 6.53. The summed E-state index contributed by atoms with van der Waals surface area (Å²) >= 11 is 0. The largest absolute Gasteiger partial charge is 0.381 e. The Hall–Kier alpha value is -0.770. The Morgan fingerprint density at radius 2 is 1.31 bits per heavy atom. The van der Waals surface area contributed by atoms with Gasteiger partial charge in [0.2, 0.25) is 0 Å². The molecule has 0 rings (SSSR count). The topological polar surface area (TPSA) is 61.8 Å². The summed E-state index contributed by atoms with van der Waals surface area (Å²) in [6, 6.07) is 0. The molecule has 6 heteroatoms. The van der Waals surface area contributed by atoms with Gasteiger partial charge in [-0.1, -0.05) is 83.5 Å². The van der Waals surface area contributed by atoms with Crippen molar-refractivity contribution in [1.29, 1.82) is 0 Å². The van der Waals surface area contributed by atoms with Gasteiger partial charge in [0, 0.05) is 13.0 Å². The first-order valence-electron chi connectivity index (χ1n) is 10.3. The van der Waals surface area contributed by atoms with Gasteiger partial charge in [0.25, 0.3) is 0 Å². The van der Waals surface area contributed by atoms with Gasteiger partial charge in [-0.3, -0.25) is 4.89 Å². The summed E-state index contributed by atoms with van der Waals surface area (Å²) < 4.78 is 32.0. The Morgan fingerprint density at radius 1 is 0.769 bits per heavy atom. The molecular formula is C20H38O5S. The Balaban J connectivity index is 3.34. The molecule has 0 saturated carbocycles. The quantitative estimate of drug-likeness (QED) is 0.137. The van der Waals surface area contributed by atoms with E-state index in [1.807, 2.05) is 0 Å². The minimum atomic E-state index is -3.72. The lowest BCUT2D eigenvalue weighted by molar-refractivity contribution is -0.127. The average Bonchev–Trinajstić information content (AvgIpc) is 2.61. The van der Waals surface area contributed by atoms with Crippen molar-refractivity contribution >= 4 is 10.1 Å². The highest BCUT2D eigenvalue weighted by atomic mass is 32.2. The van der Waals surface area contributed by atoms with Crippen LogP contribution in [0.1, 0.15) is 97.3 Å². The van der Waals surface area contributed by atoms with Crippen LogP contribution >= 0.6 is 0 Å². The van der Waals surface area contributed by atoms with Gasteiger partial charge in [0.15, 0.2) is 6.11 Å². The van der Waals surface area contributed by atoms with Crippen molar-refractivity contribution in [3.05, 3.63) is 0 Å². The Kier molecular flexibility index (Phi) is 18.4. The van der Waals surface area contributed by atoms with Gasteiger partial charge in [-0.2, -0.15) is 8.42 Å². The van der Waals surface area contributed by atoms with Crippen molar-refractivity contribution in [2.45, 2.75) is 97.3 Å². The first kappa shape index (κ1) is 25.2. The zero-order valence-corrected chi connectivity index (χ0v) is 17.6. The third-order valence-corrected chi connectivity index (χ3v) is 5.03. The number of ether oxygens (including phenoxy) is 1. The summed E-state index contributed by atoms with van der Waals surface area (Å²) in [5, 5.41) is 0. The van der Waals surface area contributed by atoms with E-state index in [1.165, 1.54) is 64.2 Å². The maximum absolute atomic E-state index is 11.4. The Bertz CT molecular complexity index is 451. The lowest BCUT2D eigenvalue weighted by Crippen LogP contribution is -2.14. The van der Waals surface area contributed by atoms with Crippen molar-refractivity contribution in [3.63, 3.8) is 0 Å². The van der Waals surface area contributed by atoms with E-state index in [1.54, 1.807) is 6.92 Å². The van der Waals surface area contributed by atoms with Crippen LogP contribution in [0.2, 0.25) is 0 Å². The fourth-order valence-electron chi connectivity index (χ4n) is 2.54. The highest BCUT2D eigenvalue weighted by molar-refractivity contribution is 7.86. The molecule has 0 aliphatic rings. The molecule has 0 atom stereocenters. The van der Waals surface area contributed by atoms with Crippen molar-refractivity contribution in [3.8, 4) is 12.0 Å². The third-order valence-electron chi connectivity index (χ3n) is 4.09. The van der Waals surface area contributed by atoms with E-state index in [4.69, 9.17) is 4.74 Å². The lowest BCUT2D eigenvalue weighted by Gasteiger charge is -2.02. The van der Waals surface area contributed by atoms with E-state index in [-0.39, 0.29) is 12.4 Å². The zero-order valence-electron chi connectivity index (χ0n) is 16.8. The van der Waals surface area contributed by atoms with Gasteiger partial charge in [-0.05, 0) is 17.7 Å². The molecule has 0 aromatic rings. The van der Waals surface area contributed by atoms with Gasteiger partial charge in [0.05, 0.1) is 6.61 Å². The van der Waals surface area contributed by atoms with Crippen LogP contribution in [0.15, 0.2) is 0 Å². The van der Waals surface area contributed by atoms with E-state index in [0.717, 1.165) is 12.8 Å². The molecule has 0 radical (unpaired) electrons. The number of rotatable bonds is 18. The van der Waals surface area contributed by atoms with E-state index in [0.29, 0.717) is 13.0 Å². The molecule has 0 saturated heterocycles. The second-order valence-corrected chi connectivity index (χ2v) is 8.19. The van der Waals surface area contributed by atoms with Gasteiger partial charge >= 0.3 is 10.1 Å². The van der Waals surface area contributed by atoms with Crippen LogP contribution in [0.5, 0.6) is 0 Å². The SMILES string of the molecule is CCCCCCCCCCCCCCC#COOS(=O)(=O)CCOCC. The Morgan fingerprint density at radius 3 is 1.85 bits per heavy atom. The second kappa shape index (κ2) is 19.0. The maximum Gasteiger partial charge on any atom is 0.306 e. The normalized spacial score (nSPS) is 11.2. The van der Waals surface area contributed by atoms with E-state index in [9.17, 15) is 8.42 Å². The van der Waals surface area contributed by atoms with E-state index in [2.05, 4.69) is 28.2 Å². The summed E-state index contributed by atoms with van der Waals surface area (Å²) in [7, 11) is -3.72. The summed E-state index contributed by atoms with van der Waals surface area (Å²) in [5.41, 5.74) is 0. The van der Waals surface area contributed by atoms with Crippen LogP contribution in [0.25, 0.3) is 0 Å². The molecule has 0 N–H and O–H groups in total. The summed E-state index contributed by atoms with van der Waals surface area (Å²) in [5.74, 6) is 2.53. The van der Waals surface area contributed by atoms with Crippen molar-refractivity contribution in [1.82, 2.24) is 0 Å². The van der Waals surface area contributed by atoms with Crippen LogP contribution in [0.4, 0.5) is 0 Å². The number of hydrogen-bond donors (Lipinski definition) is 0. The highest BCUT2D eigenvalue weighted by Crippen LogP contribution is 2.12. The molecule has 0 aromatic carbocycles. The van der Waals surface area contributed by atoms with Crippen LogP contribution in [-0.2, 0) is 24.1 Å². The van der Waals surface area contributed by atoms with Crippen LogP contribution < -0.4 is 0 Å². The van der Waals surface area contributed by atoms with Crippen molar-refractivity contribution < 1.29 is 22.4 Å². The molecule has 0 bridgehead atoms. The van der Waals surface area contributed by atoms with Gasteiger partial charge < -0.3 is 4.74 Å². The number of hydrogen-bond acceptors (Lipinski definition) is 5. The fraction of sp³-hybridized carbons (Fsp3) is 0.900. The molecule has 0 unspecified atom stereocenters. The predicted molar refractivity (Wildman–Crippen MR) is 106 cm³/mol. The first-order chi connectivity index (χ1) is 12.6. The predicted octanol–water partition coefficient (Wildman–Crippen LogP) is 5.35. The standard InChI is InChI=1S/C20H38O5S/c1-3-5-6-7-8-9-10-11-12-13-14-15-16-17-18-24-25-26(21,22)20-19-23-4-2/h3-16,19-20H2,1-2H3. The highest BCUT2D eigenvalue weighted by Gasteiger charge is 2.12. The van der Waals surface area contributed by atoms with Crippen LogP contribution in [0, 0.1) is 12.0 Å². The first-order valence-corrected chi connectivity index (χ1v) is 11.8. The fourth-order valence-corrected chi connectivity index (χ4v) is 3.07. The van der Waals surface area contributed by atoms with Crippen LogP contribution in [-0.4, -0.2) is 27.4 Å². The molecule has 0 aliphatic heterocycles. The van der Waals surface area contributed by atoms with E-state index >= 15 is 0 Å². The molecule has 26 heavy (non-hydrogen) atoms. The molecular weight excluding hydrogens is 352 g/mol. The zero-order chi connectivity index (χ0) is 19.3. The summed E-state index contributed by atoms with van der Waals surface area (Å²) in [6.45, 7) is 4.61. The molecule has 0 aliphatic carbocycles. The van der Waals surface area contributed by atoms with Gasteiger partial charge in [0.1, 0.15) is 5.75 Å². The van der Waals surface area contributed by atoms with Crippen molar-refractivity contribution in [2.24, 2.45) is 0 Å². The maximum atomic E-state index is 11.4. The minimum absolute atomic E-state index is 0.0917. The molecule has 0 fully saturated rings. The number of unbranched alkanes of at least 4 members (excludes halogenated alkanes) is 12. The van der Waals surface area contributed by atoms with Gasteiger partial charge in [-0.25, -0.2) is 0 Å². The lowest BCUT2D eigenvalue weighted by atomic mass is 10.0. The van der Waals surface area contributed by atoms with Gasteiger partial charge in [-0.15, -0.1) is 0 Å². The monoisotopic (exact) mass is 390 g/mol. The third kappa shape index (κ3) is 19.6. The summed E-state index contributed by atoms with van der Waals surface area (Å²) in [6.07, 6.45) is 18.6. The molecule has 154 valence electrons. The average molecular weight is 391 g/mol. The van der Waals surface area contributed by atoms with E-state index < -0.39 is 10.1 Å². The summed E-state index contributed by atoms with van der Waals surface area (Å²) in [4.78, 5) is 4.43. The molecule has 0 heterocycles. The van der Waals surface area contributed by atoms with Crippen LogP contribution in [0.3, 0.4) is 0 Å². The molecule has 5 nitrogen and oxygen atoms in total.